The predicted octanol–water partition coefficient (Wildman–Crippen LogP) is -0.879. The fraction of sp³-hybridized carbons (Fsp3) is 1.00. The lowest BCUT2D eigenvalue weighted by Gasteiger charge is -1.85. The molecular weight excluding hydrogens is 92.1 g/mol. The van der Waals surface area contributed by atoms with E-state index < -0.39 is 0 Å². The summed E-state index contributed by atoms with van der Waals surface area (Å²) in [7, 11) is 1.50. The molecular formula is C4H14N2O. The molecule has 0 unspecified atom stereocenters. The Balaban J connectivity index is 0. The molecule has 0 rings (SSSR count). The van der Waals surface area contributed by atoms with Crippen LogP contribution in [-0.4, -0.2) is 25.4 Å². The van der Waals surface area contributed by atoms with E-state index in [-0.39, 0.29) is 6.73 Å². The zero-order chi connectivity index (χ0) is 6.12. The minimum atomic E-state index is 0.0938. The lowest BCUT2D eigenvalue weighted by Crippen LogP contribution is -2.12. The van der Waals surface area contributed by atoms with E-state index in [1.54, 1.807) is 0 Å². The lowest BCUT2D eigenvalue weighted by atomic mass is 10.8. The maximum absolute atomic E-state index is 7.96. The van der Waals surface area contributed by atoms with Gasteiger partial charge in [0.1, 0.15) is 0 Å². The molecule has 0 radical (unpaired) electrons. The van der Waals surface area contributed by atoms with Gasteiger partial charge in [-0.05, 0) is 13.6 Å². The van der Waals surface area contributed by atoms with Crippen LogP contribution in [0.5, 0.6) is 0 Å². The summed E-state index contributed by atoms with van der Waals surface area (Å²) in [6.07, 6.45) is 0. The van der Waals surface area contributed by atoms with Crippen LogP contribution in [0.3, 0.4) is 0 Å². The molecule has 0 heterocycles. The molecule has 0 amide bonds. The zero-order valence-electron chi connectivity index (χ0n) is 4.94. The Kier molecular flexibility index (Phi) is 24.1. The third-order valence-electron chi connectivity index (χ3n) is 0.362. The van der Waals surface area contributed by atoms with Crippen molar-refractivity contribution >= 4 is 0 Å². The average molecular weight is 106 g/mol. The van der Waals surface area contributed by atoms with Gasteiger partial charge in [-0.2, -0.15) is 0 Å². The first kappa shape index (κ1) is 9.99. The predicted molar refractivity (Wildman–Crippen MR) is 30.9 cm³/mol. The first-order valence-corrected chi connectivity index (χ1v) is 2.31. The van der Waals surface area contributed by atoms with Gasteiger partial charge in [0.05, 0.1) is 6.73 Å². The molecule has 3 nitrogen and oxygen atoms in total. The molecule has 0 saturated carbocycles. The molecule has 0 fully saturated rings. The van der Waals surface area contributed by atoms with E-state index in [1.807, 2.05) is 6.92 Å². The fourth-order valence-electron chi connectivity index (χ4n) is 0.112. The van der Waals surface area contributed by atoms with E-state index in [0.29, 0.717) is 0 Å². The van der Waals surface area contributed by atoms with Gasteiger partial charge in [-0.25, -0.2) is 0 Å². The number of aliphatic hydroxyl groups excluding tert-OH is 1. The minimum Gasteiger partial charge on any atom is -0.381 e. The smallest absolute Gasteiger partial charge is 0.0931 e. The highest BCUT2D eigenvalue weighted by atomic mass is 16.3. The number of aliphatic hydroxyl groups is 1. The van der Waals surface area contributed by atoms with Gasteiger partial charge in [0, 0.05) is 0 Å². The number of nitrogens with one attached hydrogen (secondary N) is 1. The van der Waals surface area contributed by atoms with Gasteiger partial charge in [-0.15, -0.1) is 0 Å². The summed E-state index contributed by atoms with van der Waals surface area (Å²) in [4.78, 5) is 0. The first-order valence-electron chi connectivity index (χ1n) is 2.31. The third-order valence-corrected chi connectivity index (χ3v) is 0.362. The van der Waals surface area contributed by atoms with Crippen molar-refractivity contribution in [2.24, 2.45) is 5.73 Å². The highest BCUT2D eigenvalue weighted by Gasteiger charge is 1.63. The largest absolute Gasteiger partial charge is 0.381 e. The number of hydrogen-bond acceptors (Lipinski definition) is 3. The summed E-state index contributed by atoms with van der Waals surface area (Å²) < 4.78 is 0. The van der Waals surface area contributed by atoms with Gasteiger partial charge >= 0.3 is 0 Å². The second kappa shape index (κ2) is 16.9. The van der Waals surface area contributed by atoms with E-state index in [2.05, 4.69) is 11.1 Å². The average Bonchev–Trinajstić information content (AvgIpc) is 1.75. The second-order valence-electron chi connectivity index (χ2n) is 0.762. The summed E-state index contributed by atoms with van der Waals surface area (Å²) in [5, 5.41) is 10.6. The molecule has 0 saturated heterocycles. The third kappa shape index (κ3) is 25.0. The van der Waals surface area contributed by atoms with Crippen molar-refractivity contribution in [1.29, 1.82) is 0 Å². The summed E-state index contributed by atoms with van der Waals surface area (Å²) in [5.74, 6) is 0. The van der Waals surface area contributed by atoms with Crippen molar-refractivity contribution in [2.75, 3.05) is 20.3 Å². The van der Waals surface area contributed by atoms with Crippen LogP contribution in [0.1, 0.15) is 6.92 Å². The van der Waals surface area contributed by atoms with Crippen molar-refractivity contribution in [3.8, 4) is 0 Å². The van der Waals surface area contributed by atoms with Gasteiger partial charge in [0.25, 0.3) is 0 Å². The number of hydrogen-bond donors (Lipinski definition) is 3. The van der Waals surface area contributed by atoms with Crippen LogP contribution in [0.25, 0.3) is 0 Å². The topological polar surface area (TPSA) is 58.3 Å². The molecule has 0 spiro atoms. The van der Waals surface area contributed by atoms with Crippen molar-refractivity contribution < 1.29 is 5.11 Å². The first-order chi connectivity index (χ1) is 3.41. The molecule has 0 atom stereocenters. The number of nitrogens with two attached hydrogens (primary N) is 1. The minimum absolute atomic E-state index is 0.0938. The molecule has 46 valence electrons. The van der Waals surface area contributed by atoms with Crippen LogP contribution in [0.4, 0.5) is 0 Å². The SMILES string of the molecule is CCNCO.CN. The maximum atomic E-state index is 7.96. The fourth-order valence-corrected chi connectivity index (χ4v) is 0.112. The van der Waals surface area contributed by atoms with E-state index in [4.69, 9.17) is 5.11 Å². The Morgan fingerprint density at radius 1 is 1.57 bits per heavy atom. The van der Waals surface area contributed by atoms with Gasteiger partial charge in [0.15, 0.2) is 0 Å². The van der Waals surface area contributed by atoms with E-state index in [9.17, 15) is 0 Å². The van der Waals surface area contributed by atoms with Crippen LogP contribution in [-0.2, 0) is 0 Å². The maximum Gasteiger partial charge on any atom is 0.0931 e. The van der Waals surface area contributed by atoms with Crippen LogP contribution in [0.15, 0.2) is 0 Å². The molecule has 0 aromatic rings. The highest BCUT2D eigenvalue weighted by molar-refractivity contribution is 4.20. The Hall–Kier alpha value is -0.120. The Morgan fingerprint density at radius 2 is 2.00 bits per heavy atom. The molecule has 4 N–H and O–H groups in total. The Labute approximate surface area is 44.5 Å². The highest BCUT2D eigenvalue weighted by Crippen LogP contribution is 1.43. The molecule has 0 aliphatic heterocycles. The van der Waals surface area contributed by atoms with E-state index >= 15 is 0 Å². The second-order valence-corrected chi connectivity index (χ2v) is 0.762. The van der Waals surface area contributed by atoms with Crippen LogP contribution in [0.2, 0.25) is 0 Å². The lowest BCUT2D eigenvalue weighted by molar-refractivity contribution is 0.264. The summed E-state index contributed by atoms with van der Waals surface area (Å²) in [6, 6.07) is 0. The Morgan fingerprint density at radius 3 is 2.00 bits per heavy atom. The summed E-state index contributed by atoms with van der Waals surface area (Å²) >= 11 is 0. The number of rotatable bonds is 2. The standard InChI is InChI=1S/C3H9NO.CH5N/c1-2-4-3-5;1-2/h4-5H,2-3H2,1H3;2H2,1H3. The molecule has 0 aliphatic rings. The van der Waals surface area contributed by atoms with Gasteiger partial charge in [-0.1, -0.05) is 6.92 Å². The molecule has 0 aromatic heterocycles. The van der Waals surface area contributed by atoms with Crippen LogP contribution >= 0.6 is 0 Å². The normalized spacial score (nSPS) is 6.86. The van der Waals surface area contributed by atoms with Crippen LogP contribution < -0.4 is 11.1 Å². The molecule has 3 heteroatoms. The Bertz CT molecular complexity index is 17.2. The van der Waals surface area contributed by atoms with Gasteiger partial charge in [-0.3, -0.25) is 5.32 Å². The molecule has 0 aromatic carbocycles. The molecule has 0 aliphatic carbocycles. The van der Waals surface area contributed by atoms with Gasteiger partial charge in [0.2, 0.25) is 0 Å². The quantitative estimate of drug-likeness (QED) is 0.401. The molecule has 0 bridgehead atoms. The van der Waals surface area contributed by atoms with Crippen molar-refractivity contribution in [1.82, 2.24) is 5.32 Å². The summed E-state index contributed by atoms with van der Waals surface area (Å²) in [5.41, 5.74) is 4.50. The monoisotopic (exact) mass is 106 g/mol. The van der Waals surface area contributed by atoms with E-state index in [1.165, 1.54) is 7.05 Å². The molecule has 7 heavy (non-hydrogen) atoms. The van der Waals surface area contributed by atoms with Crippen molar-refractivity contribution in [2.45, 2.75) is 6.92 Å². The van der Waals surface area contributed by atoms with Crippen molar-refractivity contribution in [3.63, 3.8) is 0 Å². The summed E-state index contributed by atoms with van der Waals surface area (Å²) in [6.45, 7) is 2.88. The van der Waals surface area contributed by atoms with E-state index in [0.717, 1.165) is 6.54 Å². The van der Waals surface area contributed by atoms with Crippen molar-refractivity contribution in [3.05, 3.63) is 0 Å². The zero-order valence-corrected chi connectivity index (χ0v) is 4.94. The van der Waals surface area contributed by atoms with Gasteiger partial charge < -0.3 is 10.8 Å². The van der Waals surface area contributed by atoms with Crippen LogP contribution in [0, 0.1) is 0 Å².